The summed E-state index contributed by atoms with van der Waals surface area (Å²) in [6.07, 6.45) is 1.27. The summed E-state index contributed by atoms with van der Waals surface area (Å²) in [4.78, 5) is 27.6. The molecular formula is C12H21N3O3. The second-order valence-corrected chi connectivity index (χ2v) is 4.63. The van der Waals surface area contributed by atoms with Crippen molar-refractivity contribution in [1.82, 2.24) is 15.1 Å². The van der Waals surface area contributed by atoms with E-state index >= 15 is 0 Å². The minimum Gasteiger partial charge on any atom is -0.450 e. The van der Waals surface area contributed by atoms with Gasteiger partial charge in [-0.2, -0.15) is 0 Å². The molecule has 0 aliphatic carbocycles. The maximum Gasteiger partial charge on any atom is 0.410 e. The molecule has 2 heterocycles. The quantitative estimate of drug-likeness (QED) is 0.757. The normalized spacial score (nSPS) is 24.2. The Hall–Kier alpha value is -1.30. The SMILES string of the molecule is CCOC(=O)N1CCCC1C(=O)N1CCNCC1. The summed E-state index contributed by atoms with van der Waals surface area (Å²) in [5.41, 5.74) is 0. The standard InChI is InChI=1S/C12H21N3O3/c1-2-18-12(17)15-7-3-4-10(15)11(16)14-8-5-13-6-9-14/h10,13H,2-9H2,1H3. The Morgan fingerprint density at radius 1 is 1.28 bits per heavy atom. The molecule has 2 amide bonds. The summed E-state index contributed by atoms with van der Waals surface area (Å²) in [5.74, 6) is 0.0713. The number of carbonyl (C=O) groups excluding carboxylic acids is 2. The van der Waals surface area contributed by atoms with E-state index in [4.69, 9.17) is 4.74 Å². The van der Waals surface area contributed by atoms with Crippen LogP contribution in [0, 0.1) is 0 Å². The number of carbonyl (C=O) groups is 2. The predicted molar refractivity (Wildman–Crippen MR) is 66.2 cm³/mol. The minimum atomic E-state index is -0.358. The van der Waals surface area contributed by atoms with Crippen LogP contribution in [0.3, 0.4) is 0 Å². The van der Waals surface area contributed by atoms with Crippen LogP contribution >= 0.6 is 0 Å². The second-order valence-electron chi connectivity index (χ2n) is 4.63. The average Bonchev–Trinajstić information content (AvgIpc) is 2.88. The van der Waals surface area contributed by atoms with Crippen LogP contribution in [-0.2, 0) is 9.53 Å². The van der Waals surface area contributed by atoms with E-state index in [1.165, 1.54) is 0 Å². The van der Waals surface area contributed by atoms with Gasteiger partial charge >= 0.3 is 6.09 Å². The Balaban J connectivity index is 1.97. The van der Waals surface area contributed by atoms with E-state index in [9.17, 15) is 9.59 Å². The summed E-state index contributed by atoms with van der Waals surface area (Å²) in [7, 11) is 0. The third kappa shape index (κ3) is 2.75. The zero-order valence-electron chi connectivity index (χ0n) is 10.9. The Bertz CT molecular complexity index is 316. The molecule has 2 aliphatic rings. The summed E-state index contributed by atoms with van der Waals surface area (Å²) < 4.78 is 5.00. The Morgan fingerprint density at radius 3 is 2.67 bits per heavy atom. The van der Waals surface area contributed by atoms with E-state index in [-0.39, 0.29) is 18.0 Å². The van der Waals surface area contributed by atoms with Gasteiger partial charge in [-0.1, -0.05) is 0 Å². The molecule has 6 nitrogen and oxygen atoms in total. The number of nitrogens with zero attached hydrogens (tertiary/aromatic N) is 2. The predicted octanol–water partition coefficient (Wildman–Crippen LogP) is 0.0391. The molecule has 0 aromatic heterocycles. The van der Waals surface area contributed by atoms with Crippen molar-refractivity contribution in [2.24, 2.45) is 0 Å². The number of ether oxygens (including phenoxy) is 1. The summed E-state index contributed by atoms with van der Waals surface area (Å²) >= 11 is 0. The molecule has 0 saturated carbocycles. The lowest BCUT2D eigenvalue weighted by Crippen LogP contribution is -2.53. The van der Waals surface area contributed by atoms with Crippen molar-refractivity contribution in [3.63, 3.8) is 0 Å². The van der Waals surface area contributed by atoms with Crippen molar-refractivity contribution in [2.45, 2.75) is 25.8 Å². The van der Waals surface area contributed by atoms with Crippen LogP contribution in [0.2, 0.25) is 0 Å². The minimum absolute atomic E-state index is 0.0713. The molecule has 0 bridgehead atoms. The van der Waals surface area contributed by atoms with Crippen molar-refractivity contribution in [3.05, 3.63) is 0 Å². The topological polar surface area (TPSA) is 61.9 Å². The van der Waals surface area contributed by atoms with E-state index in [2.05, 4.69) is 5.32 Å². The van der Waals surface area contributed by atoms with Gasteiger partial charge in [-0.3, -0.25) is 9.69 Å². The lowest BCUT2D eigenvalue weighted by molar-refractivity contribution is -0.136. The van der Waals surface area contributed by atoms with Gasteiger partial charge in [0.15, 0.2) is 0 Å². The van der Waals surface area contributed by atoms with Gasteiger partial charge in [-0.05, 0) is 19.8 Å². The van der Waals surface area contributed by atoms with Gasteiger partial charge in [0, 0.05) is 32.7 Å². The van der Waals surface area contributed by atoms with Gasteiger partial charge in [-0.15, -0.1) is 0 Å². The van der Waals surface area contributed by atoms with Gasteiger partial charge < -0.3 is 15.0 Å². The number of nitrogens with one attached hydrogen (secondary N) is 1. The maximum atomic E-state index is 12.4. The first kappa shape index (κ1) is 13.1. The molecule has 2 rings (SSSR count). The highest BCUT2D eigenvalue weighted by Gasteiger charge is 2.37. The molecule has 2 saturated heterocycles. The second kappa shape index (κ2) is 6.04. The molecule has 2 fully saturated rings. The number of rotatable bonds is 2. The van der Waals surface area contributed by atoms with Gasteiger partial charge in [-0.25, -0.2) is 4.79 Å². The maximum absolute atomic E-state index is 12.4. The smallest absolute Gasteiger partial charge is 0.410 e. The number of piperazine rings is 1. The highest BCUT2D eigenvalue weighted by atomic mass is 16.6. The van der Waals surface area contributed by atoms with E-state index in [1.807, 2.05) is 4.90 Å². The molecule has 1 unspecified atom stereocenters. The molecule has 1 atom stereocenters. The number of amides is 2. The molecule has 0 aromatic rings. The van der Waals surface area contributed by atoms with Crippen LogP contribution < -0.4 is 5.32 Å². The molecule has 0 spiro atoms. The van der Waals surface area contributed by atoms with Crippen molar-refractivity contribution in [2.75, 3.05) is 39.3 Å². The third-order valence-corrected chi connectivity index (χ3v) is 3.47. The molecule has 0 radical (unpaired) electrons. The van der Waals surface area contributed by atoms with Gasteiger partial charge in [0.2, 0.25) is 5.91 Å². The molecule has 0 aromatic carbocycles. The summed E-state index contributed by atoms with van der Waals surface area (Å²) in [6.45, 7) is 5.88. The monoisotopic (exact) mass is 255 g/mol. The first-order valence-corrected chi connectivity index (χ1v) is 6.67. The fourth-order valence-electron chi connectivity index (χ4n) is 2.54. The molecule has 2 aliphatic heterocycles. The fourth-order valence-corrected chi connectivity index (χ4v) is 2.54. The Kier molecular flexibility index (Phi) is 4.41. The first-order chi connectivity index (χ1) is 8.74. The van der Waals surface area contributed by atoms with Crippen molar-refractivity contribution >= 4 is 12.0 Å². The summed E-state index contributed by atoms with van der Waals surface area (Å²) in [5, 5.41) is 3.22. The largest absolute Gasteiger partial charge is 0.450 e. The number of hydrogen-bond donors (Lipinski definition) is 1. The fraction of sp³-hybridized carbons (Fsp3) is 0.833. The highest BCUT2D eigenvalue weighted by molar-refractivity contribution is 5.86. The molecular weight excluding hydrogens is 234 g/mol. The van der Waals surface area contributed by atoms with Crippen LogP contribution in [0.4, 0.5) is 4.79 Å². The van der Waals surface area contributed by atoms with E-state index in [0.29, 0.717) is 13.2 Å². The number of likely N-dealkylation sites (tertiary alicyclic amines) is 1. The van der Waals surface area contributed by atoms with Crippen LogP contribution in [0.15, 0.2) is 0 Å². The molecule has 102 valence electrons. The van der Waals surface area contributed by atoms with Gasteiger partial charge in [0.1, 0.15) is 6.04 Å². The molecule has 6 heteroatoms. The summed E-state index contributed by atoms with van der Waals surface area (Å²) in [6, 6.07) is -0.317. The van der Waals surface area contributed by atoms with E-state index < -0.39 is 0 Å². The number of hydrogen-bond acceptors (Lipinski definition) is 4. The van der Waals surface area contributed by atoms with E-state index in [0.717, 1.165) is 39.0 Å². The van der Waals surface area contributed by atoms with Crippen LogP contribution in [0.25, 0.3) is 0 Å². The molecule has 1 N–H and O–H groups in total. The first-order valence-electron chi connectivity index (χ1n) is 6.67. The van der Waals surface area contributed by atoms with Crippen molar-refractivity contribution < 1.29 is 14.3 Å². The molecule has 18 heavy (non-hydrogen) atoms. The third-order valence-electron chi connectivity index (χ3n) is 3.47. The average molecular weight is 255 g/mol. The van der Waals surface area contributed by atoms with Crippen molar-refractivity contribution in [1.29, 1.82) is 0 Å². The Morgan fingerprint density at radius 2 is 2.00 bits per heavy atom. The van der Waals surface area contributed by atoms with E-state index in [1.54, 1.807) is 11.8 Å². The highest BCUT2D eigenvalue weighted by Crippen LogP contribution is 2.20. The Labute approximate surface area is 107 Å². The van der Waals surface area contributed by atoms with Crippen molar-refractivity contribution in [3.8, 4) is 0 Å². The zero-order valence-corrected chi connectivity index (χ0v) is 10.9. The lowest BCUT2D eigenvalue weighted by Gasteiger charge is -2.32. The van der Waals surface area contributed by atoms with Gasteiger partial charge in [0.25, 0.3) is 0 Å². The van der Waals surface area contributed by atoms with Crippen LogP contribution in [-0.4, -0.2) is 67.2 Å². The van der Waals surface area contributed by atoms with Crippen LogP contribution in [0.1, 0.15) is 19.8 Å². The zero-order chi connectivity index (χ0) is 13.0. The van der Waals surface area contributed by atoms with Gasteiger partial charge in [0.05, 0.1) is 6.61 Å². The van der Waals surface area contributed by atoms with Crippen LogP contribution in [0.5, 0.6) is 0 Å². The lowest BCUT2D eigenvalue weighted by atomic mass is 10.2.